The number of carbonyl (C=O) groups is 2. The van der Waals surface area contributed by atoms with Crippen LogP contribution in [0.5, 0.6) is 0 Å². The highest BCUT2D eigenvalue weighted by Crippen LogP contribution is 2.24. The average molecular weight is 566 g/mol. The molecular weight excluding hydrogens is 529 g/mol. The van der Waals surface area contributed by atoms with Crippen molar-refractivity contribution >= 4 is 17.6 Å². The number of benzene rings is 3. The van der Waals surface area contributed by atoms with Crippen LogP contribution in [0.1, 0.15) is 30.6 Å². The largest absolute Gasteiger partial charge is 0.352 e. The molecule has 3 aromatic carbocycles. The molecule has 1 atom stereocenters. The molecule has 8 heteroatoms. The van der Waals surface area contributed by atoms with Gasteiger partial charge in [0.2, 0.25) is 5.91 Å². The molecule has 0 unspecified atom stereocenters. The first-order valence-electron chi connectivity index (χ1n) is 14.5. The predicted octanol–water partition coefficient (Wildman–Crippen LogP) is 5.79. The minimum atomic E-state index is -0.397. The lowest BCUT2D eigenvalue weighted by molar-refractivity contribution is -0.132. The predicted molar refractivity (Wildman–Crippen MR) is 163 cm³/mol. The summed E-state index contributed by atoms with van der Waals surface area (Å²) in [6, 6.07) is 28.0. The molecule has 0 aliphatic carbocycles. The van der Waals surface area contributed by atoms with Crippen LogP contribution >= 0.6 is 0 Å². The second kappa shape index (κ2) is 13.4. The zero-order valence-electron chi connectivity index (χ0n) is 24.1. The van der Waals surface area contributed by atoms with Crippen molar-refractivity contribution in [2.75, 3.05) is 44.2 Å². The van der Waals surface area contributed by atoms with E-state index in [2.05, 4.69) is 65.3 Å². The summed E-state index contributed by atoms with van der Waals surface area (Å²) in [6.07, 6.45) is 0.888. The van der Waals surface area contributed by atoms with Crippen LogP contribution in [0.4, 0.5) is 10.2 Å². The lowest BCUT2D eigenvalue weighted by Gasteiger charge is -2.36. The maximum Gasteiger partial charge on any atom is 0.254 e. The molecular formula is C34H36FN5O2. The maximum absolute atomic E-state index is 13.4. The Balaban J connectivity index is 1.17. The van der Waals surface area contributed by atoms with Crippen molar-refractivity contribution in [3.63, 3.8) is 0 Å². The number of anilines is 1. The highest BCUT2D eigenvalue weighted by Gasteiger charge is 2.26. The van der Waals surface area contributed by atoms with E-state index in [0.717, 1.165) is 29.1 Å². The Kier molecular flexibility index (Phi) is 9.21. The van der Waals surface area contributed by atoms with Gasteiger partial charge in [0, 0.05) is 43.9 Å². The first-order valence-corrected chi connectivity index (χ1v) is 14.5. The first kappa shape index (κ1) is 28.9. The van der Waals surface area contributed by atoms with E-state index < -0.39 is 5.82 Å². The van der Waals surface area contributed by atoms with E-state index in [4.69, 9.17) is 0 Å². The highest BCUT2D eigenvalue weighted by molar-refractivity contribution is 5.96. The number of aromatic nitrogens is 2. The van der Waals surface area contributed by atoms with Crippen LogP contribution in [-0.4, -0.2) is 71.1 Å². The molecule has 2 amide bonds. The van der Waals surface area contributed by atoms with Gasteiger partial charge in [-0.15, -0.1) is 10.2 Å². The highest BCUT2D eigenvalue weighted by atomic mass is 19.1. The topological polar surface area (TPSA) is 69.6 Å². The molecule has 7 nitrogen and oxygen atoms in total. The van der Waals surface area contributed by atoms with E-state index in [1.807, 2.05) is 30.3 Å². The number of halogens is 1. The molecule has 0 spiro atoms. The number of piperazine rings is 1. The van der Waals surface area contributed by atoms with E-state index in [9.17, 15) is 14.0 Å². The van der Waals surface area contributed by atoms with Crippen molar-refractivity contribution in [1.82, 2.24) is 20.0 Å². The third-order valence-electron chi connectivity index (χ3n) is 7.83. The molecule has 1 saturated heterocycles. The van der Waals surface area contributed by atoms with Crippen LogP contribution in [0.3, 0.4) is 0 Å². The summed E-state index contributed by atoms with van der Waals surface area (Å²) in [7, 11) is 0. The van der Waals surface area contributed by atoms with Gasteiger partial charge in [-0.1, -0.05) is 74.9 Å². The molecule has 0 radical (unpaired) electrons. The SMILES string of the molecule is CC[C@H](C)CN(CC(=O)N1CCN(c2ccc(-c3ccc(-c4ccccc4)cc3)nn2)CC1)C(=O)c1ccc(F)cc1. The number of carbonyl (C=O) groups excluding carboxylic acids is 2. The van der Waals surface area contributed by atoms with Crippen molar-refractivity contribution in [3.05, 3.63) is 102 Å². The van der Waals surface area contributed by atoms with Crippen LogP contribution in [-0.2, 0) is 4.79 Å². The number of hydrogen-bond donors (Lipinski definition) is 0. The minimum Gasteiger partial charge on any atom is -0.352 e. The second-order valence-corrected chi connectivity index (χ2v) is 10.8. The first-order chi connectivity index (χ1) is 20.4. The molecule has 1 aromatic heterocycles. The molecule has 42 heavy (non-hydrogen) atoms. The lowest BCUT2D eigenvalue weighted by Crippen LogP contribution is -2.52. The third kappa shape index (κ3) is 7.00. The van der Waals surface area contributed by atoms with Crippen molar-refractivity contribution in [2.24, 2.45) is 5.92 Å². The van der Waals surface area contributed by atoms with E-state index in [0.29, 0.717) is 38.3 Å². The molecule has 1 fully saturated rings. The van der Waals surface area contributed by atoms with Crippen LogP contribution in [0.25, 0.3) is 22.4 Å². The van der Waals surface area contributed by atoms with Crippen LogP contribution in [0, 0.1) is 11.7 Å². The molecule has 0 saturated carbocycles. The standard InChI is InChI=1S/C34H36FN5O2/c1-3-25(2)23-40(34(42)29-13-15-30(35)16-14-29)24-33(41)39-21-19-38(20-22-39)32-18-17-31(36-37-32)28-11-9-27(10-12-28)26-7-5-4-6-8-26/h4-18,25H,3,19-24H2,1-2H3/t25-/m0/s1. The molecule has 5 rings (SSSR count). The summed E-state index contributed by atoms with van der Waals surface area (Å²) in [5, 5.41) is 8.94. The Bertz CT molecular complexity index is 1470. The maximum atomic E-state index is 13.4. The molecule has 216 valence electrons. The lowest BCUT2D eigenvalue weighted by atomic mass is 10.0. The van der Waals surface area contributed by atoms with Gasteiger partial charge in [0.05, 0.1) is 5.69 Å². The molecule has 1 aliphatic rings. The second-order valence-electron chi connectivity index (χ2n) is 10.8. The van der Waals surface area contributed by atoms with Gasteiger partial charge in [0.1, 0.15) is 12.4 Å². The fraction of sp³-hybridized carbons (Fsp3) is 0.294. The number of nitrogens with zero attached hydrogens (tertiary/aromatic N) is 5. The summed E-state index contributed by atoms with van der Waals surface area (Å²) < 4.78 is 13.4. The Morgan fingerprint density at radius 3 is 2.07 bits per heavy atom. The fourth-order valence-electron chi connectivity index (χ4n) is 5.06. The van der Waals surface area contributed by atoms with E-state index in [1.54, 1.807) is 9.80 Å². The molecule has 0 bridgehead atoms. The van der Waals surface area contributed by atoms with Crippen molar-refractivity contribution in [2.45, 2.75) is 20.3 Å². The Morgan fingerprint density at radius 2 is 1.45 bits per heavy atom. The molecule has 0 N–H and O–H groups in total. The van der Waals surface area contributed by atoms with Gasteiger partial charge in [-0.2, -0.15) is 0 Å². The van der Waals surface area contributed by atoms with Crippen LogP contribution in [0.15, 0.2) is 91.0 Å². The summed E-state index contributed by atoms with van der Waals surface area (Å²) >= 11 is 0. The smallest absolute Gasteiger partial charge is 0.254 e. The average Bonchev–Trinajstić information content (AvgIpc) is 3.05. The zero-order chi connectivity index (χ0) is 29.5. The van der Waals surface area contributed by atoms with E-state index >= 15 is 0 Å². The van der Waals surface area contributed by atoms with E-state index in [-0.39, 0.29) is 24.3 Å². The van der Waals surface area contributed by atoms with E-state index in [1.165, 1.54) is 29.8 Å². The van der Waals surface area contributed by atoms with Gasteiger partial charge in [-0.25, -0.2) is 4.39 Å². The Hall–Kier alpha value is -4.59. The van der Waals surface area contributed by atoms with Crippen molar-refractivity contribution in [3.8, 4) is 22.4 Å². The summed E-state index contributed by atoms with van der Waals surface area (Å²) in [4.78, 5) is 32.0. The molecule has 4 aromatic rings. The summed E-state index contributed by atoms with van der Waals surface area (Å²) in [5.41, 5.74) is 4.51. The number of rotatable bonds is 9. The fourth-order valence-corrected chi connectivity index (χ4v) is 5.06. The van der Waals surface area contributed by atoms with Gasteiger partial charge < -0.3 is 14.7 Å². The Morgan fingerprint density at radius 1 is 0.810 bits per heavy atom. The van der Waals surface area contributed by atoms with Gasteiger partial charge >= 0.3 is 0 Å². The quantitative estimate of drug-likeness (QED) is 0.257. The molecule has 2 heterocycles. The molecule has 1 aliphatic heterocycles. The number of amides is 2. The van der Waals surface area contributed by atoms with Gasteiger partial charge in [0.25, 0.3) is 5.91 Å². The van der Waals surface area contributed by atoms with Gasteiger partial charge in [0.15, 0.2) is 5.82 Å². The number of hydrogen-bond acceptors (Lipinski definition) is 5. The zero-order valence-corrected chi connectivity index (χ0v) is 24.1. The summed E-state index contributed by atoms with van der Waals surface area (Å²) in [5.74, 6) is 0.269. The normalized spacial score (nSPS) is 14.0. The summed E-state index contributed by atoms with van der Waals surface area (Å²) in [6.45, 7) is 6.90. The Labute approximate surface area is 246 Å². The van der Waals surface area contributed by atoms with Gasteiger partial charge in [-0.3, -0.25) is 9.59 Å². The van der Waals surface area contributed by atoms with Crippen LogP contribution < -0.4 is 4.90 Å². The van der Waals surface area contributed by atoms with Crippen LogP contribution in [0.2, 0.25) is 0 Å². The third-order valence-corrected chi connectivity index (χ3v) is 7.83. The minimum absolute atomic E-state index is 0.00187. The van der Waals surface area contributed by atoms with Gasteiger partial charge in [-0.05, 0) is 53.4 Å². The van der Waals surface area contributed by atoms with Crippen molar-refractivity contribution in [1.29, 1.82) is 0 Å². The van der Waals surface area contributed by atoms with Crippen molar-refractivity contribution < 1.29 is 14.0 Å². The monoisotopic (exact) mass is 565 g/mol.